The smallest absolute Gasteiger partial charge is 0.342 e. The molecule has 2 rings (SSSR count). The van der Waals surface area contributed by atoms with Crippen molar-refractivity contribution in [3.63, 3.8) is 0 Å². The van der Waals surface area contributed by atoms with E-state index in [0.717, 1.165) is 18.4 Å². The summed E-state index contributed by atoms with van der Waals surface area (Å²) in [4.78, 5) is 12.7. The van der Waals surface area contributed by atoms with E-state index >= 15 is 0 Å². The van der Waals surface area contributed by atoms with Crippen molar-refractivity contribution in [2.75, 3.05) is 7.05 Å². The largest absolute Gasteiger partial charge is 0.507 e. The van der Waals surface area contributed by atoms with Gasteiger partial charge in [0.05, 0.1) is 6.10 Å². The number of aromatic hydroxyl groups is 1. The Labute approximate surface area is 155 Å². The van der Waals surface area contributed by atoms with E-state index in [1.165, 1.54) is 6.07 Å². The third-order valence-electron chi connectivity index (χ3n) is 4.74. The van der Waals surface area contributed by atoms with Crippen LogP contribution in [0.5, 0.6) is 5.75 Å². The molecular weight excluding hydrogens is 330 g/mol. The van der Waals surface area contributed by atoms with E-state index < -0.39 is 18.2 Å². The van der Waals surface area contributed by atoms with Crippen LogP contribution >= 0.6 is 0 Å². The molecule has 0 fully saturated rings. The van der Waals surface area contributed by atoms with Crippen molar-refractivity contribution in [3.05, 3.63) is 53.8 Å². The number of phenolic OH excluding ortho intramolecular Hbond substituents is 1. The maximum atomic E-state index is 12.7. The first kappa shape index (κ1) is 20.0. The number of benzene rings is 1. The van der Waals surface area contributed by atoms with Crippen molar-refractivity contribution in [2.24, 2.45) is 5.92 Å². The van der Waals surface area contributed by atoms with Gasteiger partial charge in [0.25, 0.3) is 0 Å². The molecule has 1 aromatic carbocycles. The van der Waals surface area contributed by atoms with Gasteiger partial charge in [-0.3, -0.25) is 0 Å². The van der Waals surface area contributed by atoms with Gasteiger partial charge in [0.15, 0.2) is 0 Å². The zero-order valence-corrected chi connectivity index (χ0v) is 15.5. The van der Waals surface area contributed by atoms with Crippen LogP contribution in [0.15, 0.2) is 42.6 Å². The summed E-state index contributed by atoms with van der Waals surface area (Å²) in [6.45, 7) is 2.01. The van der Waals surface area contributed by atoms with Crippen LogP contribution in [0.1, 0.15) is 48.5 Å². The predicted octanol–water partition coefficient (Wildman–Crippen LogP) is 3.32. The molecule has 26 heavy (non-hydrogen) atoms. The minimum absolute atomic E-state index is 0.0748. The summed E-state index contributed by atoms with van der Waals surface area (Å²) in [5, 5.41) is 23.6. The summed E-state index contributed by atoms with van der Waals surface area (Å²) in [6.07, 6.45) is 9.87. The minimum Gasteiger partial charge on any atom is -0.507 e. The van der Waals surface area contributed by atoms with Gasteiger partial charge in [-0.05, 0) is 43.0 Å². The van der Waals surface area contributed by atoms with Crippen molar-refractivity contribution in [1.82, 2.24) is 5.32 Å². The number of fused-ring (bicyclic) bond motifs is 1. The number of phenols is 1. The number of esters is 1. The predicted molar refractivity (Wildman–Crippen MR) is 102 cm³/mol. The lowest BCUT2D eigenvalue weighted by Gasteiger charge is -2.24. The molecule has 0 amide bonds. The van der Waals surface area contributed by atoms with Crippen molar-refractivity contribution in [2.45, 2.75) is 51.2 Å². The molecule has 0 saturated heterocycles. The monoisotopic (exact) mass is 359 g/mol. The van der Waals surface area contributed by atoms with Gasteiger partial charge in [-0.25, -0.2) is 4.79 Å². The summed E-state index contributed by atoms with van der Waals surface area (Å²) >= 11 is 0. The summed E-state index contributed by atoms with van der Waals surface area (Å²) in [7, 11) is 1.80. The van der Waals surface area contributed by atoms with Crippen LogP contribution in [0.2, 0.25) is 0 Å². The topological polar surface area (TPSA) is 78.8 Å². The summed E-state index contributed by atoms with van der Waals surface area (Å²) in [5.41, 5.74) is 0.949. The van der Waals surface area contributed by atoms with E-state index in [9.17, 15) is 15.0 Å². The minimum atomic E-state index is -0.548. The molecule has 0 saturated carbocycles. The molecule has 1 aromatic rings. The van der Waals surface area contributed by atoms with Crippen molar-refractivity contribution >= 4 is 5.97 Å². The number of hydrogen-bond donors (Lipinski definition) is 3. The van der Waals surface area contributed by atoms with Crippen LogP contribution in [0, 0.1) is 5.92 Å². The third-order valence-corrected chi connectivity index (χ3v) is 4.74. The molecule has 5 nitrogen and oxygen atoms in total. The Hall–Kier alpha value is -2.27. The van der Waals surface area contributed by atoms with E-state index in [0.29, 0.717) is 19.3 Å². The molecule has 3 N–H and O–H groups in total. The average molecular weight is 359 g/mol. The first-order valence-corrected chi connectivity index (χ1v) is 9.20. The average Bonchev–Trinajstić information content (AvgIpc) is 2.61. The standard InChI is InChI=1S/C21H29NO4/c1-15-8-4-3-5-9-16-10-6-12-18(23)20(16)21(25)26-17(14-19(15)24)11-7-13-22-2/h3,5-7,10,12-13,15,17,19,22-24H,4,8-9,11,14H2,1-2H3/b5-3+,13-7+. The van der Waals surface area contributed by atoms with Gasteiger partial charge >= 0.3 is 5.97 Å². The van der Waals surface area contributed by atoms with Crippen LogP contribution in [0.4, 0.5) is 0 Å². The molecule has 5 heteroatoms. The fraction of sp³-hybridized carbons (Fsp3) is 0.476. The fourth-order valence-electron chi connectivity index (χ4n) is 3.11. The molecule has 0 bridgehead atoms. The maximum absolute atomic E-state index is 12.7. The molecule has 142 valence electrons. The van der Waals surface area contributed by atoms with Crippen molar-refractivity contribution < 1.29 is 19.7 Å². The van der Waals surface area contributed by atoms with Gasteiger partial charge in [-0.1, -0.05) is 37.3 Å². The molecule has 3 unspecified atom stereocenters. The maximum Gasteiger partial charge on any atom is 0.342 e. The lowest BCUT2D eigenvalue weighted by Crippen LogP contribution is -2.28. The van der Waals surface area contributed by atoms with Gasteiger partial charge in [-0.2, -0.15) is 0 Å². The van der Waals surface area contributed by atoms with Crippen molar-refractivity contribution in [3.8, 4) is 5.75 Å². The van der Waals surface area contributed by atoms with E-state index in [-0.39, 0.29) is 17.2 Å². The molecule has 0 spiro atoms. The highest BCUT2D eigenvalue weighted by atomic mass is 16.5. The van der Waals surface area contributed by atoms with Crippen molar-refractivity contribution in [1.29, 1.82) is 0 Å². The highest BCUT2D eigenvalue weighted by molar-refractivity contribution is 5.94. The van der Waals surface area contributed by atoms with E-state index in [1.807, 2.05) is 25.1 Å². The Morgan fingerprint density at radius 2 is 2.15 bits per heavy atom. The first-order valence-electron chi connectivity index (χ1n) is 9.20. The molecule has 0 aliphatic carbocycles. The Morgan fingerprint density at radius 1 is 1.35 bits per heavy atom. The number of carbonyl (C=O) groups excluding carboxylic acids is 1. The Bertz CT molecular complexity index is 653. The van der Waals surface area contributed by atoms with Gasteiger partial charge in [0.1, 0.15) is 17.4 Å². The SMILES string of the molecule is CN/C=C/CC1CC(O)C(C)CC/C=C/Cc2cccc(O)c2C(=O)O1. The number of cyclic esters (lactones) is 1. The van der Waals surface area contributed by atoms with E-state index in [2.05, 4.69) is 11.4 Å². The zero-order valence-electron chi connectivity index (χ0n) is 15.5. The Morgan fingerprint density at radius 3 is 2.92 bits per heavy atom. The second-order valence-electron chi connectivity index (χ2n) is 6.80. The normalized spacial score (nSPS) is 26.1. The van der Waals surface area contributed by atoms with Gasteiger partial charge in [-0.15, -0.1) is 0 Å². The van der Waals surface area contributed by atoms with Crippen LogP contribution in [0.3, 0.4) is 0 Å². The fourth-order valence-corrected chi connectivity index (χ4v) is 3.11. The quantitative estimate of drug-likeness (QED) is 0.570. The highest BCUT2D eigenvalue weighted by Gasteiger charge is 2.25. The molecule has 0 aromatic heterocycles. The third kappa shape index (κ3) is 5.63. The molecule has 0 radical (unpaired) electrons. The van der Waals surface area contributed by atoms with E-state index in [1.54, 1.807) is 19.3 Å². The van der Waals surface area contributed by atoms with Gasteiger partial charge in [0.2, 0.25) is 0 Å². The summed E-state index contributed by atoms with van der Waals surface area (Å²) in [6, 6.07) is 5.05. The number of nitrogens with one attached hydrogen (secondary N) is 1. The zero-order chi connectivity index (χ0) is 18.9. The Balaban J connectivity index is 2.30. The lowest BCUT2D eigenvalue weighted by molar-refractivity contribution is 0.00598. The number of carbonyl (C=O) groups is 1. The molecule has 1 aliphatic heterocycles. The first-order chi connectivity index (χ1) is 12.5. The molecule has 1 aliphatic rings. The molecule has 3 atom stereocenters. The number of hydrogen-bond acceptors (Lipinski definition) is 5. The molecular formula is C21H29NO4. The highest BCUT2D eigenvalue weighted by Crippen LogP contribution is 2.26. The number of aliphatic hydroxyl groups is 1. The Kier molecular flexibility index (Phi) is 7.73. The van der Waals surface area contributed by atoms with Gasteiger partial charge < -0.3 is 20.3 Å². The second-order valence-corrected chi connectivity index (χ2v) is 6.80. The second kappa shape index (κ2) is 10.0. The lowest BCUT2D eigenvalue weighted by atomic mass is 9.93. The van der Waals surface area contributed by atoms with Crippen LogP contribution < -0.4 is 5.32 Å². The van der Waals surface area contributed by atoms with E-state index in [4.69, 9.17) is 4.74 Å². The number of aliphatic hydroxyl groups excluding tert-OH is 1. The number of allylic oxidation sites excluding steroid dienone is 2. The number of ether oxygens (including phenoxy) is 1. The van der Waals surface area contributed by atoms with Crippen LogP contribution in [0.25, 0.3) is 0 Å². The molecule has 1 heterocycles. The number of rotatable bonds is 3. The van der Waals surface area contributed by atoms with Crippen LogP contribution in [-0.4, -0.2) is 35.4 Å². The van der Waals surface area contributed by atoms with Gasteiger partial charge in [0, 0.05) is 19.9 Å². The summed E-state index contributed by atoms with van der Waals surface area (Å²) < 4.78 is 5.67. The summed E-state index contributed by atoms with van der Waals surface area (Å²) in [5.74, 6) is -0.506. The van der Waals surface area contributed by atoms with Crippen LogP contribution in [-0.2, 0) is 11.2 Å².